The molecule has 0 bridgehead atoms. The maximum atomic E-state index is 13.2. The molecule has 154 valence electrons. The van der Waals surface area contributed by atoms with Gasteiger partial charge in [0.2, 0.25) is 0 Å². The van der Waals surface area contributed by atoms with Gasteiger partial charge in [-0.05, 0) is 43.2 Å². The molecule has 0 radical (unpaired) electrons. The predicted molar refractivity (Wildman–Crippen MR) is 124 cm³/mol. The van der Waals surface area contributed by atoms with E-state index in [1.165, 1.54) is 28.7 Å². The Balaban J connectivity index is 1.57. The average molecular weight is 439 g/mol. The third kappa shape index (κ3) is 4.08. The lowest BCUT2D eigenvalue weighted by atomic mass is 10.1. The van der Waals surface area contributed by atoms with Crippen molar-refractivity contribution in [2.24, 2.45) is 0 Å². The van der Waals surface area contributed by atoms with Crippen LogP contribution < -0.4 is 10.3 Å². The first kappa shape index (κ1) is 20.5. The summed E-state index contributed by atoms with van der Waals surface area (Å²) >= 11 is 2.97. The van der Waals surface area contributed by atoms with Gasteiger partial charge < -0.3 is 9.15 Å². The number of furan rings is 1. The summed E-state index contributed by atoms with van der Waals surface area (Å²) in [5.41, 5.74) is 2.98. The van der Waals surface area contributed by atoms with Crippen molar-refractivity contribution in [3.8, 4) is 17.1 Å². The first-order chi connectivity index (χ1) is 14.6. The highest BCUT2D eigenvalue weighted by molar-refractivity contribution is 7.99. The SMILES string of the molecule is C=CCn1c(SCCOc2cc(C)ccc2C)nc2scc(-c3ccco3)c2c1=O. The number of rotatable bonds is 8. The minimum atomic E-state index is -0.0782. The molecular formula is C23H22N2O3S2. The number of nitrogens with zero attached hydrogens (tertiary/aromatic N) is 2. The lowest BCUT2D eigenvalue weighted by Crippen LogP contribution is -2.22. The van der Waals surface area contributed by atoms with E-state index >= 15 is 0 Å². The fourth-order valence-electron chi connectivity index (χ4n) is 3.17. The number of aromatic nitrogens is 2. The van der Waals surface area contributed by atoms with E-state index in [-0.39, 0.29) is 5.56 Å². The highest BCUT2D eigenvalue weighted by atomic mass is 32.2. The Bertz CT molecular complexity index is 1240. The van der Waals surface area contributed by atoms with Gasteiger partial charge in [0.25, 0.3) is 5.56 Å². The molecule has 0 unspecified atom stereocenters. The third-order valence-electron chi connectivity index (χ3n) is 4.67. The fraction of sp³-hybridized carbons (Fsp3) is 0.217. The number of benzene rings is 1. The van der Waals surface area contributed by atoms with Crippen LogP contribution in [0.1, 0.15) is 11.1 Å². The first-order valence-electron chi connectivity index (χ1n) is 9.58. The molecule has 30 heavy (non-hydrogen) atoms. The first-order valence-corrected chi connectivity index (χ1v) is 11.4. The lowest BCUT2D eigenvalue weighted by molar-refractivity contribution is 0.341. The fourth-order valence-corrected chi connectivity index (χ4v) is 4.96. The molecule has 0 aliphatic heterocycles. The number of hydrogen-bond donors (Lipinski definition) is 0. The number of hydrogen-bond acceptors (Lipinski definition) is 6. The smallest absolute Gasteiger partial charge is 0.263 e. The Morgan fingerprint density at radius 1 is 1.33 bits per heavy atom. The van der Waals surface area contributed by atoms with E-state index in [2.05, 4.69) is 18.7 Å². The van der Waals surface area contributed by atoms with Crippen LogP contribution in [0.4, 0.5) is 0 Å². The van der Waals surface area contributed by atoms with Gasteiger partial charge in [0, 0.05) is 23.2 Å². The lowest BCUT2D eigenvalue weighted by Gasteiger charge is -2.12. The van der Waals surface area contributed by atoms with Crippen molar-refractivity contribution in [3.63, 3.8) is 0 Å². The van der Waals surface area contributed by atoms with Crippen LogP contribution in [0.5, 0.6) is 5.75 Å². The van der Waals surface area contributed by atoms with E-state index in [0.29, 0.717) is 40.0 Å². The second-order valence-corrected chi connectivity index (χ2v) is 8.79. The highest BCUT2D eigenvalue weighted by Crippen LogP contribution is 2.32. The Kier molecular flexibility index (Phi) is 6.11. The number of fused-ring (bicyclic) bond motifs is 1. The molecule has 4 aromatic rings. The standard InChI is InChI=1S/C23H22N2O3S2/c1-4-9-25-22(26)20-17(18-6-5-10-27-18)14-30-21(20)24-23(25)29-12-11-28-19-13-15(2)7-8-16(19)3/h4-8,10,13-14H,1,9,11-12H2,2-3H3. The van der Waals surface area contributed by atoms with Crippen molar-refractivity contribution in [2.45, 2.75) is 25.5 Å². The predicted octanol–water partition coefficient (Wildman–Crippen LogP) is 5.69. The summed E-state index contributed by atoms with van der Waals surface area (Å²) in [5.74, 6) is 2.25. The number of thioether (sulfide) groups is 1. The zero-order valence-corrected chi connectivity index (χ0v) is 18.5. The van der Waals surface area contributed by atoms with Crippen LogP contribution in [-0.4, -0.2) is 21.9 Å². The van der Waals surface area contributed by atoms with Crippen LogP contribution in [-0.2, 0) is 6.54 Å². The summed E-state index contributed by atoms with van der Waals surface area (Å²) in [6, 6.07) is 9.84. The van der Waals surface area contributed by atoms with Crippen LogP contribution in [0.15, 0.2) is 69.0 Å². The van der Waals surface area contributed by atoms with Crippen LogP contribution >= 0.6 is 23.1 Å². The summed E-state index contributed by atoms with van der Waals surface area (Å²) in [6.45, 7) is 8.80. The summed E-state index contributed by atoms with van der Waals surface area (Å²) in [5, 5.41) is 3.19. The summed E-state index contributed by atoms with van der Waals surface area (Å²) in [6.07, 6.45) is 3.32. The average Bonchev–Trinajstić information content (AvgIpc) is 3.40. The molecule has 4 rings (SSSR count). The number of thiophene rings is 1. The van der Waals surface area contributed by atoms with Gasteiger partial charge in [-0.1, -0.05) is 30.0 Å². The van der Waals surface area contributed by atoms with Crippen molar-refractivity contribution >= 4 is 33.3 Å². The van der Waals surface area contributed by atoms with Crippen LogP contribution in [0.3, 0.4) is 0 Å². The molecule has 0 spiro atoms. The molecule has 3 aromatic heterocycles. The molecule has 3 heterocycles. The minimum Gasteiger partial charge on any atom is -0.492 e. The number of aryl methyl sites for hydroxylation is 2. The number of ether oxygens (including phenoxy) is 1. The molecule has 7 heteroatoms. The zero-order valence-electron chi connectivity index (χ0n) is 16.9. The molecule has 0 N–H and O–H groups in total. The van der Waals surface area contributed by atoms with E-state index in [0.717, 1.165) is 16.9 Å². The van der Waals surface area contributed by atoms with Gasteiger partial charge in [0.1, 0.15) is 16.3 Å². The summed E-state index contributed by atoms with van der Waals surface area (Å²) < 4.78 is 13.1. The van der Waals surface area contributed by atoms with Crippen LogP contribution in [0, 0.1) is 13.8 Å². The van der Waals surface area contributed by atoms with E-state index in [9.17, 15) is 4.79 Å². The molecule has 0 amide bonds. The zero-order chi connectivity index (χ0) is 21.1. The van der Waals surface area contributed by atoms with Gasteiger partial charge in [0.15, 0.2) is 5.16 Å². The van der Waals surface area contributed by atoms with E-state index in [1.807, 2.05) is 37.4 Å². The molecule has 0 saturated carbocycles. The molecule has 0 saturated heterocycles. The van der Waals surface area contributed by atoms with Crippen molar-refractivity contribution in [2.75, 3.05) is 12.4 Å². The Morgan fingerprint density at radius 3 is 2.97 bits per heavy atom. The largest absolute Gasteiger partial charge is 0.492 e. The Hall–Kier alpha value is -2.77. The monoisotopic (exact) mass is 438 g/mol. The second-order valence-electron chi connectivity index (χ2n) is 6.87. The minimum absolute atomic E-state index is 0.0782. The molecule has 0 aliphatic rings. The van der Waals surface area contributed by atoms with E-state index < -0.39 is 0 Å². The quantitative estimate of drug-likeness (QED) is 0.153. The van der Waals surface area contributed by atoms with E-state index in [1.54, 1.807) is 16.9 Å². The third-order valence-corrected chi connectivity index (χ3v) is 6.49. The number of allylic oxidation sites excluding steroid dienone is 1. The van der Waals surface area contributed by atoms with Crippen molar-refractivity contribution in [1.82, 2.24) is 9.55 Å². The van der Waals surface area contributed by atoms with Crippen molar-refractivity contribution < 1.29 is 9.15 Å². The molecule has 0 fully saturated rings. The van der Waals surface area contributed by atoms with Crippen molar-refractivity contribution in [3.05, 3.63) is 76.1 Å². The normalized spacial score (nSPS) is 11.1. The van der Waals surface area contributed by atoms with Gasteiger partial charge >= 0.3 is 0 Å². The van der Waals surface area contributed by atoms with Crippen LogP contribution in [0.2, 0.25) is 0 Å². The van der Waals surface area contributed by atoms with E-state index in [4.69, 9.17) is 14.1 Å². The summed E-state index contributed by atoms with van der Waals surface area (Å²) in [7, 11) is 0. The Morgan fingerprint density at radius 2 is 2.20 bits per heavy atom. The van der Waals surface area contributed by atoms with Gasteiger partial charge in [-0.25, -0.2) is 4.98 Å². The second kappa shape index (κ2) is 8.93. The molecule has 1 aromatic carbocycles. The molecular weight excluding hydrogens is 416 g/mol. The van der Waals surface area contributed by atoms with Gasteiger partial charge in [-0.15, -0.1) is 17.9 Å². The topological polar surface area (TPSA) is 57.3 Å². The molecule has 0 aliphatic carbocycles. The highest BCUT2D eigenvalue weighted by Gasteiger charge is 2.18. The van der Waals surface area contributed by atoms with Crippen LogP contribution in [0.25, 0.3) is 21.5 Å². The van der Waals surface area contributed by atoms with Gasteiger partial charge in [-0.2, -0.15) is 0 Å². The summed E-state index contributed by atoms with van der Waals surface area (Å²) in [4.78, 5) is 18.7. The maximum absolute atomic E-state index is 13.2. The van der Waals surface area contributed by atoms with Gasteiger partial charge in [0.05, 0.1) is 18.3 Å². The van der Waals surface area contributed by atoms with Gasteiger partial charge in [-0.3, -0.25) is 9.36 Å². The molecule has 0 atom stereocenters. The maximum Gasteiger partial charge on any atom is 0.263 e. The Labute approximate surface area is 183 Å². The molecule has 5 nitrogen and oxygen atoms in total. The van der Waals surface area contributed by atoms with Crippen molar-refractivity contribution in [1.29, 1.82) is 0 Å².